The van der Waals surface area contributed by atoms with Gasteiger partial charge < -0.3 is 0 Å². The largest absolute Gasteiger partial charge is 0.419 e. The highest BCUT2D eigenvalue weighted by Crippen LogP contribution is 2.36. The molecule has 0 heterocycles. The monoisotopic (exact) mass is 287 g/mol. The molecule has 1 rings (SSSR count). The molecule has 0 fully saturated rings. The zero-order valence-corrected chi connectivity index (χ0v) is 8.39. The number of nitrogens with zero attached hydrogens (tertiary/aromatic N) is 1. The molecule has 15 heavy (non-hydrogen) atoms. The fourth-order valence-electron chi connectivity index (χ4n) is 0.893. The molecule has 0 saturated carbocycles. The van der Waals surface area contributed by atoms with Gasteiger partial charge in [0.2, 0.25) is 0 Å². The Morgan fingerprint density at radius 1 is 1.33 bits per heavy atom. The summed E-state index contributed by atoms with van der Waals surface area (Å²) in [6.45, 7) is 0. The first kappa shape index (κ1) is 11.9. The van der Waals surface area contributed by atoms with Crippen LogP contribution in [0, 0.1) is 15.9 Å². The van der Waals surface area contributed by atoms with Gasteiger partial charge in [-0.1, -0.05) is 0 Å². The molecule has 8 heteroatoms. The van der Waals surface area contributed by atoms with E-state index >= 15 is 0 Å². The van der Waals surface area contributed by atoms with Crippen LogP contribution in [0.4, 0.5) is 23.2 Å². The molecular formula is C7H2BrF4NO2. The Morgan fingerprint density at radius 2 is 1.87 bits per heavy atom. The highest BCUT2D eigenvalue weighted by molar-refractivity contribution is 9.10. The highest BCUT2D eigenvalue weighted by atomic mass is 79.9. The van der Waals surface area contributed by atoms with Gasteiger partial charge in [0, 0.05) is 0 Å². The Labute approximate surface area is 89.0 Å². The van der Waals surface area contributed by atoms with Crippen molar-refractivity contribution in [2.24, 2.45) is 0 Å². The van der Waals surface area contributed by atoms with Crippen molar-refractivity contribution < 1.29 is 22.5 Å². The number of benzene rings is 1. The predicted molar refractivity (Wildman–Crippen MR) is 45.8 cm³/mol. The van der Waals surface area contributed by atoms with E-state index in [1.807, 2.05) is 0 Å². The van der Waals surface area contributed by atoms with Gasteiger partial charge in [-0.15, -0.1) is 0 Å². The highest BCUT2D eigenvalue weighted by Gasteiger charge is 2.36. The molecule has 0 N–H and O–H groups in total. The smallest absolute Gasteiger partial charge is 0.258 e. The van der Waals surface area contributed by atoms with Gasteiger partial charge in [-0.3, -0.25) is 10.1 Å². The maximum Gasteiger partial charge on any atom is 0.419 e. The Kier molecular flexibility index (Phi) is 2.98. The van der Waals surface area contributed by atoms with Crippen LogP contribution in [0.1, 0.15) is 5.56 Å². The topological polar surface area (TPSA) is 43.1 Å². The molecule has 0 aliphatic rings. The first-order valence-corrected chi connectivity index (χ1v) is 4.23. The third-order valence-electron chi connectivity index (χ3n) is 1.54. The molecule has 0 bridgehead atoms. The minimum Gasteiger partial charge on any atom is -0.258 e. The van der Waals surface area contributed by atoms with Gasteiger partial charge in [-0.05, 0) is 22.0 Å². The van der Waals surface area contributed by atoms with Crippen LogP contribution < -0.4 is 0 Å². The van der Waals surface area contributed by atoms with E-state index in [0.29, 0.717) is 6.07 Å². The van der Waals surface area contributed by atoms with Crippen molar-refractivity contribution in [3.8, 4) is 0 Å². The predicted octanol–water partition coefficient (Wildman–Crippen LogP) is 3.52. The summed E-state index contributed by atoms with van der Waals surface area (Å²) in [5.74, 6) is -1.67. The van der Waals surface area contributed by atoms with Crippen molar-refractivity contribution in [2.45, 2.75) is 6.18 Å². The number of halogens is 5. The van der Waals surface area contributed by atoms with Crippen LogP contribution in [0.15, 0.2) is 16.6 Å². The third kappa shape index (κ3) is 2.44. The zero-order valence-electron chi connectivity index (χ0n) is 6.81. The average Bonchev–Trinajstić information content (AvgIpc) is 2.06. The van der Waals surface area contributed by atoms with E-state index < -0.39 is 32.6 Å². The van der Waals surface area contributed by atoms with E-state index in [4.69, 9.17) is 0 Å². The van der Waals surface area contributed by atoms with Crippen molar-refractivity contribution in [3.05, 3.63) is 38.1 Å². The first-order valence-electron chi connectivity index (χ1n) is 3.44. The second-order valence-corrected chi connectivity index (χ2v) is 3.39. The van der Waals surface area contributed by atoms with Crippen molar-refractivity contribution in [1.29, 1.82) is 0 Å². The van der Waals surface area contributed by atoms with Crippen LogP contribution in [0.3, 0.4) is 0 Å². The standard InChI is InChI=1S/C7H2BrF4NO2/c8-4-1-3(7(10,11)12)5(9)2-6(4)13(14)15/h1-2H. The molecular weight excluding hydrogens is 286 g/mol. The molecule has 0 aliphatic heterocycles. The normalized spacial score (nSPS) is 11.5. The van der Waals surface area contributed by atoms with Gasteiger partial charge in [0.15, 0.2) is 0 Å². The van der Waals surface area contributed by atoms with E-state index in [1.54, 1.807) is 0 Å². The second kappa shape index (κ2) is 3.76. The number of hydrogen-bond donors (Lipinski definition) is 0. The molecule has 1 aromatic carbocycles. The molecule has 0 radical (unpaired) electrons. The molecule has 3 nitrogen and oxygen atoms in total. The Hall–Kier alpha value is -1.18. The SMILES string of the molecule is O=[N+]([O-])c1cc(F)c(C(F)(F)F)cc1Br. The quantitative estimate of drug-likeness (QED) is 0.451. The molecule has 0 amide bonds. The number of nitro groups is 1. The first-order chi connectivity index (χ1) is 6.73. The van der Waals surface area contributed by atoms with Crippen LogP contribution >= 0.6 is 15.9 Å². The lowest BCUT2D eigenvalue weighted by Gasteiger charge is -2.08. The number of hydrogen-bond acceptors (Lipinski definition) is 2. The summed E-state index contributed by atoms with van der Waals surface area (Å²) in [6, 6.07) is 0.570. The van der Waals surface area contributed by atoms with Crippen molar-refractivity contribution in [2.75, 3.05) is 0 Å². The van der Waals surface area contributed by atoms with Gasteiger partial charge in [0.05, 0.1) is 21.0 Å². The number of alkyl halides is 3. The summed E-state index contributed by atoms with van der Waals surface area (Å²) in [5.41, 5.74) is -2.29. The zero-order chi connectivity index (χ0) is 11.8. The van der Waals surface area contributed by atoms with Gasteiger partial charge in [-0.25, -0.2) is 4.39 Å². The van der Waals surface area contributed by atoms with E-state index in [-0.39, 0.29) is 6.07 Å². The molecule has 0 spiro atoms. The van der Waals surface area contributed by atoms with Crippen LogP contribution in [0.25, 0.3) is 0 Å². The van der Waals surface area contributed by atoms with Crippen LogP contribution in [0.2, 0.25) is 0 Å². The summed E-state index contributed by atoms with van der Waals surface area (Å²) in [7, 11) is 0. The lowest BCUT2D eigenvalue weighted by molar-refractivity contribution is -0.385. The van der Waals surface area contributed by atoms with Crippen LogP contribution in [0.5, 0.6) is 0 Å². The Morgan fingerprint density at radius 3 is 2.27 bits per heavy atom. The second-order valence-electron chi connectivity index (χ2n) is 2.54. The van der Waals surface area contributed by atoms with Gasteiger partial charge >= 0.3 is 6.18 Å². The summed E-state index contributed by atoms with van der Waals surface area (Å²) in [6.07, 6.45) is -4.87. The van der Waals surface area contributed by atoms with Crippen molar-refractivity contribution in [1.82, 2.24) is 0 Å². The Bertz CT molecular complexity index is 418. The average molecular weight is 288 g/mol. The summed E-state index contributed by atoms with van der Waals surface area (Å²) >= 11 is 2.57. The van der Waals surface area contributed by atoms with Gasteiger partial charge in [-0.2, -0.15) is 13.2 Å². The van der Waals surface area contributed by atoms with E-state index in [0.717, 1.165) is 0 Å². The lowest BCUT2D eigenvalue weighted by Crippen LogP contribution is -2.08. The minimum atomic E-state index is -4.87. The molecule has 0 saturated heterocycles. The Balaban J connectivity index is 3.39. The molecule has 1 aromatic rings. The number of nitro benzene ring substituents is 1. The minimum absolute atomic E-state index is 0.229. The molecule has 0 atom stereocenters. The summed E-state index contributed by atoms with van der Waals surface area (Å²) in [5, 5.41) is 10.3. The fraction of sp³-hybridized carbons (Fsp3) is 0.143. The van der Waals surface area contributed by atoms with Crippen molar-refractivity contribution >= 4 is 21.6 Å². The maximum absolute atomic E-state index is 12.8. The van der Waals surface area contributed by atoms with Crippen molar-refractivity contribution in [3.63, 3.8) is 0 Å². The van der Waals surface area contributed by atoms with Gasteiger partial charge in [0.25, 0.3) is 5.69 Å². The molecule has 0 aliphatic carbocycles. The van der Waals surface area contributed by atoms with Gasteiger partial charge in [0.1, 0.15) is 5.82 Å². The number of rotatable bonds is 1. The molecule has 0 unspecified atom stereocenters. The fourth-order valence-corrected chi connectivity index (χ4v) is 1.38. The summed E-state index contributed by atoms with van der Waals surface area (Å²) < 4.78 is 48.8. The van der Waals surface area contributed by atoms with Crippen LogP contribution in [-0.2, 0) is 6.18 Å². The maximum atomic E-state index is 12.8. The summed E-state index contributed by atoms with van der Waals surface area (Å²) in [4.78, 5) is 9.28. The van der Waals surface area contributed by atoms with E-state index in [1.165, 1.54) is 0 Å². The molecule has 82 valence electrons. The van der Waals surface area contributed by atoms with E-state index in [9.17, 15) is 27.7 Å². The third-order valence-corrected chi connectivity index (χ3v) is 2.17. The lowest BCUT2D eigenvalue weighted by atomic mass is 10.2. The van der Waals surface area contributed by atoms with Crippen LogP contribution in [-0.4, -0.2) is 4.92 Å². The molecule has 0 aromatic heterocycles. The van der Waals surface area contributed by atoms with E-state index in [2.05, 4.69) is 15.9 Å².